The predicted octanol–water partition coefficient (Wildman–Crippen LogP) is 0.258. The van der Waals surface area contributed by atoms with Gasteiger partial charge in [-0.05, 0) is 19.4 Å². The van der Waals surface area contributed by atoms with Crippen LogP contribution in [0.15, 0.2) is 0 Å². The highest BCUT2D eigenvalue weighted by Crippen LogP contribution is 2.23. The molecule has 0 radical (unpaired) electrons. The third-order valence-corrected chi connectivity index (χ3v) is 3.37. The van der Waals surface area contributed by atoms with Gasteiger partial charge in [-0.25, -0.2) is 0 Å². The molecule has 16 heavy (non-hydrogen) atoms. The van der Waals surface area contributed by atoms with E-state index in [0.717, 1.165) is 25.1 Å². The van der Waals surface area contributed by atoms with E-state index in [1.807, 2.05) is 4.90 Å². The average molecular weight is 242 g/mol. The zero-order chi connectivity index (χ0) is 11.5. The largest absolute Gasteiger partial charge is 0.468 e. The number of aromatic nitrogens is 2. The van der Waals surface area contributed by atoms with Crippen molar-refractivity contribution in [2.24, 2.45) is 0 Å². The number of rotatable bonds is 3. The zero-order valence-electron chi connectivity index (χ0n) is 9.05. The third kappa shape index (κ3) is 2.14. The van der Waals surface area contributed by atoms with Gasteiger partial charge in [0.25, 0.3) is 0 Å². The molecule has 1 aromatic heterocycles. The molecule has 0 bridgehead atoms. The molecule has 88 valence electrons. The first kappa shape index (κ1) is 11.3. The van der Waals surface area contributed by atoms with Gasteiger partial charge in [0.15, 0.2) is 0 Å². The first-order valence-electron chi connectivity index (χ1n) is 5.11. The molecule has 1 aliphatic rings. The molecule has 2 N–H and O–H groups in total. The zero-order valence-corrected chi connectivity index (χ0v) is 9.87. The number of hydrogen-bond donors (Lipinski definition) is 1. The standard InChI is InChI=1S/C9H14N4O2S/c1-15-9(14)7-3-2-4-13(7)5-6-8(10)16-12-11-6/h7H,2-5,10H2,1H3. The number of anilines is 1. The van der Waals surface area contributed by atoms with Crippen LogP contribution in [0.2, 0.25) is 0 Å². The van der Waals surface area contributed by atoms with Gasteiger partial charge >= 0.3 is 5.97 Å². The summed E-state index contributed by atoms with van der Waals surface area (Å²) in [6, 6.07) is -0.161. The van der Waals surface area contributed by atoms with Gasteiger partial charge in [-0.1, -0.05) is 4.49 Å². The molecular formula is C9H14N4O2S. The van der Waals surface area contributed by atoms with Crippen molar-refractivity contribution in [3.05, 3.63) is 5.69 Å². The van der Waals surface area contributed by atoms with Crippen molar-refractivity contribution in [2.75, 3.05) is 19.4 Å². The summed E-state index contributed by atoms with van der Waals surface area (Å²) in [7, 11) is 1.41. The van der Waals surface area contributed by atoms with Gasteiger partial charge in [0, 0.05) is 18.1 Å². The highest BCUT2D eigenvalue weighted by atomic mass is 32.1. The Morgan fingerprint density at radius 3 is 3.19 bits per heavy atom. The fourth-order valence-corrected chi connectivity index (χ4v) is 2.37. The van der Waals surface area contributed by atoms with Gasteiger partial charge in [-0.15, -0.1) is 5.10 Å². The number of nitrogens with zero attached hydrogens (tertiary/aromatic N) is 3. The van der Waals surface area contributed by atoms with E-state index in [1.165, 1.54) is 18.6 Å². The first-order chi connectivity index (χ1) is 7.72. The number of nitrogen functional groups attached to an aromatic ring is 1. The molecule has 1 fully saturated rings. The van der Waals surface area contributed by atoms with E-state index in [1.54, 1.807) is 0 Å². The lowest BCUT2D eigenvalue weighted by Crippen LogP contribution is -2.36. The monoisotopic (exact) mass is 242 g/mol. The number of hydrogen-bond acceptors (Lipinski definition) is 7. The summed E-state index contributed by atoms with van der Waals surface area (Å²) in [4.78, 5) is 13.5. The lowest BCUT2D eigenvalue weighted by molar-refractivity contribution is -0.146. The van der Waals surface area contributed by atoms with Crippen molar-refractivity contribution >= 4 is 22.5 Å². The number of carbonyl (C=O) groups is 1. The van der Waals surface area contributed by atoms with Gasteiger partial charge in [0.05, 0.1) is 7.11 Å². The van der Waals surface area contributed by atoms with Crippen LogP contribution in [0.1, 0.15) is 18.5 Å². The number of carbonyl (C=O) groups excluding carboxylic acids is 1. The number of likely N-dealkylation sites (tertiary alicyclic amines) is 1. The van der Waals surface area contributed by atoms with Gasteiger partial charge in [-0.3, -0.25) is 9.69 Å². The number of esters is 1. The van der Waals surface area contributed by atoms with Crippen LogP contribution in [0, 0.1) is 0 Å². The van der Waals surface area contributed by atoms with Crippen LogP contribution in [-0.2, 0) is 16.1 Å². The lowest BCUT2D eigenvalue weighted by atomic mass is 10.2. The minimum Gasteiger partial charge on any atom is -0.468 e. The van der Waals surface area contributed by atoms with Crippen LogP contribution in [0.25, 0.3) is 0 Å². The minimum atomic E-state index is -0.181. The molecule has 1 unspecified atom stereocenters. The molecule has 1 atom stereocenters. The molecule has 0 amide bonds. The van der Waals surface area contributed by atoms with Crippen LogP contribution in [0.5, 0.6) is 0 Å². The summed E-state index contributed by atoms with van der Waals surface area (Å²) >= 11 is 1.18. The minimum absolute atomic E-state index is 0.161. The summed E-state index contributed by atoms with van der Waals surface area (Å²) in [5.74, 6) is -0.181. The van der Waals surface area contributed by atoms with E-state index in [2.05, 4.69) is 9.59 Å². The topological polar surface area (TPSA) is 81.3 Å². The molecule has 2 heterocycles. The second kappa shape index (κ2) is 4.75. The Balaban J connectivity index is 2.04. The molecule has 0 aromatic carbocycles. The van der Waals surface area contributed by atoms with Crippen molar-refractivity contribution in [3.63, 3.8) is 0 Å². The van der Waals surface area contributed by atoms with Crippen LogP contribution < -0.4 is 5.73 Å². The Hall–Kier alpha value is -1.21. The highest BCUT2D eigenvalue weighted by molar-refractivity contribution is 7.09. The first-order valence-corrected chi connectivity index (χ1v) is 5.88. The summed E-state index contributed by atoms with van der Waals surface area (Å²) in [6.45, 7) is 1.44. The van der Waals surface area contributed by atoms with Crippen molar-refractivity contribution in [1.82, 2.24) is 14.5 Å². The van der Waals surface area contributed by atoms with Crippen LogP contribution in [-0.4, -0.2) is 40.2 Å². The van der Waals surface area contributed by atoms with Gasteiger partial charge in [0.2, 0.25) is 0 Å². The normalized spacial score (nSPS) is 21.2. The maximum absolute atomic E-state index is 11.5. The van der Waals surface area contributed by atoms with E-state index < -0.39 is 0 Å². The third-order valence-electron chi connectivity index (χ3n) is 2.77. The van der Waals surface area contributed by atoms with E-state index in [4.69, 9.17) is 10.5 Å². The van der Waals surface area contributed by atoms with E-state index >= 15 is 0 Å². The van der Waals surface area contributed by atoms with Crippen molar-refractivity contribution in [3.8, 4) is 0 Å². The Bertz CT molecular complexity index is 381. The van der Waals surface area contributed by atoms with Crippen molar-refractivity contribution in [1.29, 1.82) is 0 Å². The summed E-state index contributed by atoms with van der Waals surface area (Å²) < 4.78 is 8.55. The smallest absolute Gasteiger partial charge is 0.323 e. The Kier molecular flexibility index (Phi) is 3.35. The molecule has 1 saturated heterocycles. The predicted molar refractivity (Wildman–Crippen MR) is 59.8 cm³/mol. The molecule has 6 nitrogen and oxygen atoms in total. The fourth-order valence-electron chi connectivity index (χ4n) is 1.94. The van der Waals surface area contributed by atoms with Crippen LogP contribution in [0.3, 0.4) is 0 Å². The van der Waals surface area contributed by atoms with Crippen molar-refractivity contribution < 1.29 is 9.53 Å². The molecule has 1 aromatic rings. The number of ether oxygens (including phenoxy) is 1. The molecule has 0 aliphatic carbocycles. The maximum atomic E-state index is 11.5. The average Bonchev–Trinajstić information content (AvgIpc) is 2.88. The van der Waals surface area contributed by atoms with E-state index in [0.29, 0.717) is 11.5 Å². The van der Waals surface area contributed by atoms with E-state index in [-0.39, 0.29) is 12.0 Å². The molecular weight excluding hydrogens is 228 g/mol. The summed E-state index contributed by atoms with van der Waals surface area (Å²) in [5.41, 5.74) is 6.47. The Labute approximate surface area is 97.5 Å². The Morgan fingerprint density at radius 2 is 2.56 bits per heavy atom. The second-order valence-electron chi connectivity index (χ2n) is 3.74. The molecule has 0 spiro atoms. The van der Waals surface area contributed by atoms with Gasteiger partial charge < -0.3 is 10.5 Å². The molecule has 1 aliphatic heterocycles. The maximum Gasteiger partial charge on any atom is 0.323 e. The van der Waals surface area contributed by atoms with Crippen molar-refractivity contribution in [2.45, 2.75) is 25.4 Å². The Morgan fingerprint density at radius 1 is 1.75 bits per heavy atom. The summed E-state index contributed by atoms with van der Waals surface area (Å²) in [5, 5.41) is 4.57. The molecule has 7 heteroatoms. The highest BCUT2D eigenvalue weighted by Gasteiger charge is 2.32. The second-order valence-corrected chi connectivity index (χ2v) is 4.52. The number of methoxy groups -OCH3 is 1. The summed E-state index contributed by atoms with van der Waals surface area (Å²) in [6.07, 6.45) is 1.83. The van der Waals surface area contributed by atoms with Gasteiger partial charge in [-0.2, -0.15) is 0 Å². The van der Waals surface area contributed by atoms with Crippen LogP contribution in [0.4, 0.5) is 5.00 Å². The fraction of sp³-hybridized carbons (Fsp3) is 0.667. The number of nitrogens with two attached hydrogens (primary N) is 1. The van der Waals surface area contributed by atoms with Crippen LogP contribution >= 0.6 is 11.5 Å². The quantitative estimate of drug-likeness (QED) is 0.766. The molecule has 0 saturated carbocycles. The van der Waals surface area contributed by atoms with Gasteiger partial charge in [0.1, 0.15) is 16.7 Å². The SMILES string of the molecule is COC(=O)C1CCCN1Cc1nnsc1N. The van der Waals surface area contributed by atoms with E-state index in [9.17, 15) is 4.79 Å². The lowest BCUT2D eigenvalue weighted by Gasteiger charge is -2.21. The molecule has 2 rings (SSSR count).